The van der Waals surface area contributed by atoms with E-state index >= 15 is 0 Å². The average Bonchev–Trinajstić information content (AvgIpc) is 1.96. The fourth-order valence-electron chi connectivity index (χ4n) is 0.940. The first kappa shape index (κ1) is 11.0. The zero-order valence-corrected chi connectivity index (χ0v) is 8.12. The second-order valence-corrected chi connectivity index (χ2v) is 3.20. The Morgan fingerprint density at radius 2 is 1.93 bits per heavy atom. The first-order chi connectivity index (χ1) is 6.29. The van der Waals surface area contributed by atoms with Crippen LogP contribution in [0.2, 0.25) is 0 Å². The summed E-state index contributed by atoms with van der Waals surface area (Å²) in [7, 11) is 0. The third-order valence-corrected chi connectivity index (χ3v) is 1.94. The van der Waals surface area contributed by atoms with Gasteiger partial charge in [-0.3, -0.25) is 0 Å². The smallest absolute Gasteiger partial charge is 0.406 e. The lowest BCUT2D eigenvalue weighted by Crippen LogP contribution is -2.17. The summed E-state index contributed by atoms with van der Waals surface area (Å²) in [6.07, 6.45) is -4.69. The zero-order chi connectivity index (χ0) is 10.9. The zero-order valence-electron chi connectivity index (χ0n) is 7.22. The van der Waals surface area contributed by atoms with Crippen molar-refractivity contribution in [3.63, 3.8) is 0 Å². The monoisotopic (exact) mass is 223 g/mol. The quantitative estimate of drug-likeness (QED) is 0.567. The summed E-state index contributed by atoms with van der Waals surface area (Å²) in [6.45, 7) is 1.58. The average molecular weight is 223 g/mol. The number of hydrogen-bond acceptors (Lipinski definition) is 3. The van der Waals surface area contributed by atoms with E-state index in [-0.39, 0.29) is 10.6 Å². The van der Waals surface area contributed by atoms with Crippen LogP contribution in [0, 0.1) is 6.92 Å². The molecule has 0 aliphatic rings. The molecule has 0 atom stereocenters. The van der Waals surface area contributed by atoms with E-state index in [1.807, 2.05) is 0 Å². The number of halogens is 3. The summed E-state index contributed by atoms with van der Waals surface area (Å²) in [5.74, 6) is -0.311. The van der Waals surface area contributed by atoms with Crippen molar-refractivity contribution in [1.29, 1.82) is 0 Å². The molecule has 1 aromatic carbocycles. The molecule has 0 aliphatic heterocycles. The first-order valence-corrected chi connectivity index (χ1v) is 4.09. The van der Waals surface area contributed by atoms with Crippen LogP contribution in [0.4, 0.5) is 18.9 Å². The van der Waals surface area contributed by atoms with Crippen LogP contribution in [0.15, 0.2) is 17.0 Å². The maximum absolute atomic E-state index is 11.8. The molecule has 1 aromatic rings. The lowest BCUT2D eigenvalue weighted by Gasteiger charge is -2.11. The minimum atomic E-state index is -4.69. The maximum Gasteiger partial charge on any atom is 0.573 e. The molecule has 0 spiro atoms. The van der Waals surface area contributed by atoms with Gasteiger partial charge in [0.1, 0.15) is 5.75 Å². The van der Waals surface area contributed by atoms with Gasteiger partial charge in [-0.25, -0.2) is 0 Å². The highest BCUT2D eigenvalue weighted by molar-refractivity contribution is 7.80. The van der Waals surface area contributed by atoms with Crippen LogP contribution in [-0.4, -0.2) is 6.36 Å². The number of nitrogen functional groups attached to an aromatic ring is 1. The molecule has 0 unspecified atom stereocenters. The van der Waals surface area contributed by atoms with E-state index in [0.29, 0.717) is 11.3 Å². The van der Waals surface area contributed by atoms with Gasteiger partial charge in [0.25, 0.3) is 0 Å². The normalized spacial score (nSPS) is 11.5. The number of rotatable bonds is 1. The SMILES string of the molecule is Cc1cc(OC(F)(F)F)cc(S)c1N. The van der Waals surface area contributed by atoms with Gasteiger partial charge >= 0.3 is 6.36 Å². The standard InChI is InChI=1S/C8H8F3NOS/c1-4-2-5(13-8(9,10)11)3-6(14)7(4)12/h2-3,14H,12H2,1H3. The van der Waals surface area contributed by atoms with Crippen LogP contribution in [-0.2, 0) is 0 Å². The molecule has 6 heteroatoms. The van der Waals surface area contributed by atoms with Crippen LogP contribution in [0.5, 0.6) is 5.75 Å². The third-order valence-electron chi connectivity index (χ3n) is 1.57. The topological polar surface area (TPSA) is 35.2 Å². The number of nitrogens with two attached hydrogens (primary N) is 1. The number of ether oxygens (including phenoxy) is 1. The molecule has 0 heterocycles. The van der Waals surface area contributed by atoms with Crippen molar-refractivity contribution in [2.24, 2.45) is 0 Å². The van der Waals surface area contributed by atoms with Crippen LogP contribution >= 0.6 is 12.6 Å². The molecule has 14 heavy (non-hydrogen) atoms. The number of benzene rings is 1. The minimum absolute atomic E-state index is 0.268. The highest BCUT2D eigenvalue weighted by atomic mass is 32.1. The Kier molecular flexibility index (Phi) is 2.84. The molecule has 1 rings (SSSR count). The minimum Gasteiger partial charge on any atom is -0.406 e. The van der Waals surface area contributed by atoms with Crippen molar-refractivity contribution < 1.29 is 17.9 Å². The number of alkyl halides is 3. The highest BCUT2D eigenvalue weighted by Crippen LogP contribution is 2.30. The summed E-state index contributed by atoms with van der Waals surface area (Å²) in [4.78, 5) is 0.268. The molecule has 0 saturated carbocycles. The van der Waals surface area contributed by atoms with Crippen LogP contribution in [0.3, 0.4) is 0 Å². The van der Waals surface area contributed by atoms with Crippen molar-refractivity contribution in [2.75, 3.05) is 5.73 Å². The van der Waals surface area contributed by atoms with Gasteiger partial charge < -0.3 is 10.5 Å². The molecule has 0 radical (unpaired) electrons. The number of thiol groups is 1. The fourth-order valence-corrected chi connectivity index (χ4v) is 1.24. The molecular formula is C8H8F3NOS. The molecule has 0 aromatic heterocycles. The molecule has 2 N–H and O–H groups in total. The Labute approximate surface area is 84.3 Å². The predicted molar refractivity (Wildman–Crippen MR) is 49.5 cm³/mol. The Bertz CT molecular complexity index is 328. The van der Waals surface area contributed by atoms with Gasteiger partial charge in [0.15, 0.2) is 0 Å². The van der Waals surface area contributed by atoms with Gasteiger partial charge in [-0.05, 0) is 24.6 Å². The fraction of sp³-hybridized carbons (Fsp3) is 0.250. The summed E-state index contributed by atoms with van der Waals surface area (Å²) in [6, 6.07) is 2.33. The Morgan fingerprint density at radius 3 is 2.36 bits per heavy atom. The molecule has 0 amide bonds. The predicted octanol–water partition coefficient (Wildman–Crippen LogP) is 2.76. The summed E-state index contributed by atoms with van der Waals surface area (Å²) >= 11 is 3.91. The van der Waals surface area contributed by atoms with Crippen molar-refractivity contribution >= 4 is 18.3 Å². The lowest BCUT2D eigenvalue weighted by atomic mass is 10.2. The second kappa shape index (κ2) is 3.61. The number of anilines is 1. The molecule has 0 aliphatic carbocycles. The number of aryl methyl sites for hydroxylation is 1. The van der Waals surface area contributed by atoms with Gasteiger partial charge in [-0.1, -0.05) is 0 Å². The van der Waals surface area contributed by atoms with Crippen LogP contribution < -0.4 is 10.5 Å². The molecule has 0 fully saturated rings. The van der Waals surface area contributed by atoms with Gasteiger partial charge in [-0.15, -0.1) is 25.8 Å². The third kappa shape index (κ3) is 2.73. The Morgan fingerprint density at radius 1 is 1.36 bits per heavy atom. The highest BCUT2D eigenvalue weighted by Gasteiger charge is 2.31. The second-order valence-electron chi connectivity index (χ2n) is 2.72. The van der Waals surface area contributed by atoms with Gasteiger partial charge in [0.2, 0.25) is 0 Å². The Balaban J connectivity index is 3.02. The lowest BCUT2D eigenvalue weighted by molar-refractivity contribution is -0.274. The largest absolute Gasteiger partial charge is 0.573 e. The van der Waals surface area contributed by atoms with Gasteiger partial charge in [0, 0.05) is 10.6 Å². The summed E-state index contributed by atoms with van der Waals surface area (Å²) in [5, 5.41) is 0. The van der Waals surface area contributed by atoms with E-state index in [1.165, 1.54) is 6.07 Å². The van der Waals surface area contributed by atoms with E-state index in [1.54, 1.807) is 6.92 Å². The van der Waals surface area contributed by atoms with E-state index in [0.717, 1.165) is 6.07 Å². The molecule has 0 saturated heterocycles. The van der Waals surface area contributed by atoms with E-state index in [2.05, 4.69) is 17.4 Å². The van der Waals surface area contributed by atoms with E-state index < -0.39 is 6.36 Å². The van der Waals surface area contributed by atoms with E-state index in [9.17, 15) is 13.2 Å². The van der Waals surface area contributed by atoms with Crippen molar-refractivity contribution in [2.45, 2.75) is 18.2 Å². The summed E-state index contributed by atoms with van der Waals surface area (Å²) < 4.78 is 39.2. The van der Waals surface area contributed by atoms with Crippen molar-refractivity contribution in [3.05, 3.63) is 17.7 Å². The number of hydrogen-bond donors (Lipinski definition) is 2. The van der Waals surface area contributed by atoms with Crippen LogP contribution in [0.25, 0.3) is 0 Å². The first-order valence-electron chi connectivity index (χ1n) is 3.64. The van der Waals surface area contributed by atoms with Gasteiger partial charge in [-0.2, -0.15) is 0 Å². The summed E-state index contributed by atoms with van der Waals surface area (Å²) in [5.41, 5.74) is 6.35. The maximum atomic E-state index is 11.8. The molecule has 78 valence electrons. The van der Waals surface area contributed by atoms with Gasteiger partial charge in [0.05, 0.1) is 0 Å². The van der Waals surface area contributed by atoms with E-state index in [4.69, 9.17) is 5.73 Å². The van der Waals surface area contributed by atoms with Crippen molar-refractivity contribution in [3.8, 4) is 5.75 Å². The molecular weight excluding hydrogens is 215 g/mol. The van der Waals surface area contributed by atoms with Crippen LogP contribution in [0.1, 0.15) is 5.56 Å². The molecule has 2 nitrogen and oxygen atoms in total. The molecule has 0 bridgehead atoms. The van der Waals surface area contributed by atoms with Crippen molar-refractivity contribution in [1.82, 2.24) is 0 Å². The Hall–Kier alpha value is -1.04.